The van der Waals surface area contributed by atoms with E-state index < -0.39 is 0 Å². The number of carbonyl (C=O) groups excluding carboxylic acids is 1. The molecule has 0 aliphatic carbocycles. The molecule has 0 spiro atoms. The lowest BCUT2D eigenvalue weighted by Crippen LogP contribution is -2.25. The van der Waals surface area contributed by atoms with E-state index in [0.29, 0.717) is 13.0 Å². The molecule has 0 unspecified atom stereocenters. The Kier molecular flexibility index (Phi) is 5.66. The smallest absolute Gasteiger partial charge is 0.243 e. The van der Waals surface area contributed by atoms with Gasteiger partial charge in [-0.3, -0.25) is 9.63 Å². The van der Waals surface area contributed by atoms with Crippen LogP contribution in [0.2, 0.25) is 0 Å². The fourth-order valence-electron chi connectivity index (χ4n) is 1.13. The number of rotatable bonds is 6. The summed E-state index contributed by atoms with van der Waals surface area (Å²) in [4.78, 5) is 15.5. The van der Waals surface area contributed by atoms with Gasteiger partial charge in [0.05, 0.1) is 7.11 Å². The molecule has 0 aliphatic heterocycles. The molecule has 0 heterocycles. The van der Waals surface area contributed by atoms with E-state index >= 15 is 0 Å². The van der Waals surface area contributed by atoms with Crippen molar-refractivity contribution in [3.05, 3.63) is 0 Å². The Morgan fingerprint density at radius 3 is 2.54 bits per heavy atom. The van der Waals surface area contributed by atoms with E-state index in [1.807, 2.05) is 0 Å². The highest BCUT2D eigenvalue weighted by molar-refractivity contribution is 5.74. The van der Waals surface area contributed by atoms with Crippen molar-refractivity contribution in [1.29, 1.82) is 0 Å². The van der Waals surface area contributed by atoms with E-state index in [4.69, 9.17) is 5.73 Å². The first-order chi connectivity index (χ1) is 6.02. The summed E-state index contributed by atoms with van der Waals surface area (Å²) in [6.45, 7) is 4.89. The zero-order valence-corrected chi connectivity index (χ0v) is 8.72. The summed E-state index contributed by atoms with van der Waals surface area (Å²) in [5, 5.41) is 0. The van der Waals surface area contributed by atoms with Crippen LogP contribution in [0.3, 0.4) is 0 Å². The molecule has 0 aromatic carbocycles. The van der Waals surface area contributed by atoms with Crippen LogP contribution in [0.5, 0.6) is 0 Å². The van der Waals surface area contributed by atoms with Crippen LogP contribution < -0.4 is 11.2 Å². The Hall–Kier alpha value is -0.610. The molecule has 3 N–H and O–H groups in total. The average molecular weight is 188 g/mol. The maximum absolute atomic E-state index is 11.0. The van der Waals surface area contributed by atoms with Crippen molar-refractivity contribution < 1.29 is 9.63 Å². The van der Waals surface area contributed by atoms with Crippen LogP contribution in [0.4, 0.5) is 0 Å². The zero-order chi connectivity index (χ0) is 10.3. The lowest BCUT2D eigenvalue weighted by atomic mass is 9.84. The molecule has 0 saturated heterocycles. The van der Waals surface area contributed by atoms with E-state index in [9.17, 15) is 4.79 Å². The van der Waals surface area contributed by atoms with E-state index in [1.165, 1.54) is 7.11 Å². The number of hydrogen-bond donors (Lipinski definition) is 2. The Bertz CT molecular complexity index is 158. The predicted molar refractivity (Wildman–Crippen MR) is 51.8 cm³/mol. The van der Waals surface area contributed by atoms with E-state index in [-0.39, 0.29) is 11.3 Å². The van der Waals surface area contributed by atoms with Crippen molar-refractivity contribution >= 4 is 5.91 Å². The van der Waals surface area contributed by atoms with Gasteiger partial charge in [0.2, 0.25) is 5.91 Å². The first-order valence-corrected chi connectivity index (χ1v) is 4.54. The van der Waals surface area contributed by atoms with Gasteiger partial charge in [-0.2, -0.15) is 0 Å². The first kappa shape index (κ1) is 12.4. The molecule has 0 radical (unpaired) electrons. The molecule has 0 aromatic rings. The van der Waals surface area contributed by atoms with Gasteiger partial charge in [-0.05, 0) is 24.8 Å². The van der Waals surface area contributed by atoms with Gasteiger partial charge in [0.15, 0.2) is 0 Å². The number of nitrogens with two attached hydrogens (primary N) is 1. The summed E-state index contributed by atoms with van der Waals surface area (Å²) in [5.74, 6) is -0.0763. The molecule has 78 valence electrons. The summed E-state index contributed by atoms with van der Waals surface area (Å²) >= 11 is 0. The topological polar surface area (TPSA) is 64.3 Å². The van der Waals surface area contributed by atoms with Crippen LogP contribution >= 0.6 is 0 Å². The van der Waals surface area contributed by atoms with Crippen LogP contribution in [0.25, 0.3) is 0 Å². The molecule has 0 atom stereocenters. The van der Waals surface area contributed by atoms with Gasteiger partial charge < -0.3 is 5.73 Å². The Morgan fingerprint density at radius 2 is 2.08 bits per heavy atom. The highest BCUT2D eigenvalue weighted by Gasteiger charge is 2.17. The van der Waals surface area contributed by atoms with Crippen molar-refractivity contribution in [2.24, 2.45) is 11.1 Å². The molecular weight excluding hydrogens is 168 g/mol. The van der Waals surface area contributed by atoms with E-state index in [1.54, 1.807) is 0 Å². The summed E-state index contributed by atoms with van der Waals surface area (Å²) < 4.78 is 0. The Morgan fingerprint density at radius 1 is 1.46 bits per heavy atom. The van der Waals surface area contributed by atoms with Crippen LogP contribution in [0, 0.1) is 5.41 Å². The average Bonchev–Trinajstić information content (AvgIpc) is 2.02. The lowest BCUT2D eigenvalue weighted by molar-refractivity contribution is -0.131. The van der Waals surface area contributed by atoms with Crippen LogP contribution in [-0.4, -0.2) is 19.6 Å². The maximum Gasteiger partial charge on any atom is 0.243 e. The normalized spacial score (nSPS) is 11.4. The summed E-state index contributed by atoms with van der Waals surface area (Å²) in [6.07, 6.45) is 2.26. The third kappa shape index (κ3) is 6.54. The fraction of sp³-hybridized carbons (Fsp3) is 0.889. The van der Waals surface area contributed by atoms with Crippen LogP contribution in [0.1, 0.15) is 33.1 Å². The highest BCUT2D eigenvalue weighted by atomic mass is 16.6. The second kappa shape index (κ2) is 5.94. The van der Waals surface area contributed by atoms with Crippen molar-refractivity contribution in [2.45, 2.75) is 33.1 Å². The second-order valence-electron chi connectivity index (χ2n) is 3.93. The first-order valence-electron chi connectivity index (χ1n) is 4.54. The van der Waals surface area contributed by atoms with Gasteiger partial charge in [-0.1, -0.05) is 13.8 Å². The monoisotopic (exact) mass is 188 g/mol. The van der Waals surface area contributed by atoms with Crippen LogP contribution in [-0.2, 0) is 9.63 Å². The number of hydroxylamine groups is 1. The van der Waals surface area contributed by atoms with E-state index in [2.05, 4.69) is 24.2 Å². The van der Waals surface area contributed by atoms with Gasteiger partial charge in [0, 0.05) is 6.42 Å². The summed E-state index contributed by atoms with van der Waals surface area (Å²) in [5.41, 5.74) is 7.88. The number of hydrogen-bond acceptors (Lipinski definition) is 3. The third-order valence-corrected chi connectivity index (χ3v) is 2.07. The zero-order valence-electron chi connectivity index (χ0n) is 8.72. The van der Waals surface area contributed by atoms with Crippen molar-refractivity contribution in [1.82, 2.24) is 5.48 Å². The standard InChI is InChI=1S/C9H20N2O2/c1-9(2,6-7-10)5-4-8(12)11-13-3/h4-7,10H2,1-3H3,(H,11,12). The molecule has 4 heteroatoms. The quantitative estimate of drug-likeness (QED) is 0.606. The highest BCUT2D eigenvalue weighted by Crippen LogP contribution is 2.25. The van der Waals surface area contributed by atoms with Gasteiger partial charge in [-0.25, -0.2) is 5.48 Å². The van der Waals surface area contributed by atoms with E-state index in [0.717, 1.165) is 12.8 Å². The fourth-order valence-corrected chi connectivity index (χ4v) is 1.13. The van der Waals surface area contributed by atoms with Crippen molar-refractivity contribution in [2.75, 3.05) is 13.7 Å². The summed E-state index contributed by atoms with van der Waals surface area (Å²) in [7, 11) is 1.43. The minimum absolute atomic E-state index is 0.0763. The van der Waals surface area contributed by atoms with Crippen LogP contribution in [0.15, 0.2) is 0 Å². The molecule has 1 amide bonds. The maximum atomic E-state index is 11.0. The van der Waals surface area contributed by atoms with Gasteiger partial charge in [-0.15, -0.1) is 0 Å². The largest absolute Gasteiger partial charge is 0.330 e. The van der Waals surface area contributed by atoms with Crippen molar-refractivity contribution in [3.63, 3.8) is 0 Å². The molecule has 4 nitrogen and oxygen atoms in total. The van der Waals surface area contributed by atoms with Gasteiger partial charge >= 0.3 is 0 Å². The predicted octanol–water partition coefficient (Wildman–Crippen LogP) is 0.819. The molecule has 0 aromatic heterocycles. The second-order valence-corrected chi connectivity index (χ2v) is 3.93. The number of amides is 1. The lowest BCUT2D eigenvalue weighted by Gasteiger charge is -2.23. The number of nitrogens with one attached hydrogen (secondary N) is 1. The molecule has 0 fully saturated rings. The summed E-state index contributed by atoms with van der Waals surface area (Å²) in [6, 6.07) is 0. The molecule has 0 aliphatic rings. The minimum atomic E-state index is -0.0763. The Labute approximate surface area is 79.8 Å². The van der Waals surface area contributed by atoms with Crippen molar-refractivity contribution in [3.8, 4) is 0 Å². The molecular formula is C9H20N2O2. The SMILES string of the molecule is CONC(=O)CCC(C)(C)CCN. The molecule has 13 heavy (non-hydrogen) atoms. The van der Waals surface area contributed by atoms with Gasteiger partial charge in [0.25, 0.3) is 0 Å². The molecule has 0 bridgehead atoms. The minimum Gasteiger partial charge on any atom is -0.330 e. The molecule has 0 rings (SSSR count). The molecule has 0 saturated carbocycles. The third-order valence-electron chi connectivity index (χ3n) is 2.07. The Balaban J connectivity index is 3.67. The number of carbonyl (C=O) groups is 1. The van der Waals surface area contributed by atoms with Gasteiger partial charge in [0.1, 0.15) is 0 Å².